The molecule has 0 aromatic carbocycles. The highest BCUT2D eigenvalue weighted by Crippen LogP contribution is 2.18. The molecule has 1 aromatic heterocycles. The lowest BCUT2D eigenvalue weighted by Gasteiger charge is -2.17. The largest absolute Gasteiger partial charge is 0.394 e. The van der Waals surface area contributed by atoms with Crippen molar-refractivity contribution >= 4 is 11.7 Å². The Morgan fingerprint density at radius 1 is 1.56 bits per heavy atom. The van der Waals surface area contributed by atoms with Gasteiger partial charge in [-0.3, -0.25) is 4.79 Å². The number of carbonyl (C=O) groups is 1. The van der Waals surface area contributed by atoms with Gasteiger partial charge in [0.1, 0.15) is 5.82 Å². The lowest BCUT2D eigenvalue weighted by Crippen LogP contribution is -2.29. The zero-order chi connectivity index (χ0) is 12.3. The molecule has 16 heavy (non-hydrogen) atoms. The number of aliphatic hydroxyl groups is 1. The van der Waals surface area contributed by atoms with Crippen LogP contribution in [-0.4, -0.2) is 27.4 Å². The molecule has 0 aliphatic carbocycles. The normalized spacial score (nSPS) is 11.6. The Labute approximate surface area is 95.5 Å². The first-order chi connectivity index (χ1) is 7.34. The van der Waals surface area contributed by atoms with Gasteiger partial charge in [0, 0.05) is 11.5 Å². The van der Waals surface area contributed by atoms with E-state index in [-0.39, 0.29) is 12.5 Å². The van der Waals surface area contributed by atoms with E-state index in [1.54, 1.807) is 10.7 Å². The first-order valence-corrected chi connectivity index (χ1v) is 5.31. The molecule has 0 atom stereocenters. The van der Waals surface area contributed by atoms with Crippen LogP contribution in [0.15, 0.2) is 6.07 Å². The van der Waals surface area contributed by atoms with Gasteiger partial charge in [0.05, 0.1) is 18.8 Å². The maximum atomic E-state index is 11.8. The Morgan fingerprint density at radius 2 is 2.19 bits per heavy atom. The van der Waals surface area contributed by atoms with Crippen molar-refractivity contribution in [2.75, 3.05) is 11.9 Å². The Morgan fingerprint density at radius 3 is 2.69 bits per heavy atom. The summed E-state index contributed by atoms with van der Waals surface area (Å²) in [4.78, 5) is 11.8. The second kappa shape index (κ2) is 4.65. The molecule has 2 N–H and O–H groups in total. The van der Waals surface area contributed by atoms with Gasteiger partial charge in [0.15, 0.2) is 0 Å². The molecule has 5 heteroatoms. The first-order valence-electron chi connectivity index (χ1n) is 5.31. The highest BCUT2D eigenvalue weighted by atomic mass is 16.3. The van der Waals surface area contributed by atoms with Crippen molar-refractivity contribution in [3.63, 3.8) is 0 Å². The van der Waals surface area contributed by atoms with Crippen LogP contribution >= 0.6 is 0 Å². The molecule has 0 unspecified atom stereocenters. The summed E-state index contributed by atoms with van der Waals surface area (Å²) in [5, 5.41) is 15.9. The maximum Gasteiger partial charge on any atom is 0.230 e. The minimum absolute atomic E-state index is 0.000488. The second-order valence-electron chi connectivity index (χ2n) is 4.82. The summed E-state index contributed by atoms with van der Waals surface area (Å²) >= 11 is 0. The van der Waals surface area contributed by atoms with Crippen LogP contribution in [0, 0.1) is 12.3 Å². The molecule has 0 radical (unpaired) electrons. The van der Waals surface area contributed by atoms with Gasteiger partial charge in [0.25, 0.3) is 0 Å². The summed E-state index contributed by atoms with van der Waals surface area (Å²) in [6.45, 7) is 7.78. The van der Waals surface area contributed by atoms with Gasteiger partial charge in [-0.15, -0.1) is 0 Å². The summed E-state index contributed by atoms with van der Waals surface area (Å²) in [6, 6.07) is 1.79. The van der Waals surface area contributed by atoms with Crippen molar-refractivity contribution in [2.24, 2.45) is 5.41 Å². The number of carbonyl (C=O) groups excluding carboxylic acids is 1. The first kappa shape index (κ1) is 12.7. The minimum atomic E-state index is -0.442. The molecule has 1 amide bonds. The van der Waals surface area contributed by atoms with Crippen LogP contribution in [0.2, 0.25) is 0 Å². The van der Waals surface area contributed by atoms with Gasteiger partial charge in [-0.1, -0.05) is 20.8 Å². The molecule has 1 rings (SSSR count). The zero-order valence-electron chi connectivity index (χ0n) is 10.2. The summed E-state index contributed by atoms with van der Waals surface area (Å²) in [5.74, 6) is 0.568. The predicted molar refractivity (Wildman–Crippen MR) is 62.1 cm³/mol. The summed E-state index contributed by atoms with van der Waals surface area (Å²) in [7, 11) is 0. The summed E-state index contributed by atoms with van der Waals surface area (Å²) in [5.41, 5.74) is 0.375. The van der Waals surface area contributed by atoms with Gasteiger partial charge in [0.2, 0.25) is 5.91 Å². The third kappa shape index (κ3) is 3.06. The van der Waals surface area contributed by atoms with E-state index in [9.17, 15) is 4.79 Å². The Balaban J connectivity index is 2.84. The molecule has 1 heterocycles. The van der Waals surface area contributed by atoms with E-state index in [1.165, 1.54) is 0 Å². The molecule has 1 aromatic rings. The smallest absolute Gasteiger partial charge is 0.230 e. The van der Waals surface area contributed by atoms with Gasteiger partial charge in [-0.2, -0.15) is 5.10 Å². The van der Waals surface area contributed by atoms with E-state index in [2.05, 4.69) is 10.4 Å². The molecule has 90 valence electrons. The van der Waals surface area contributed by atoms with Crippen LogP contribution in [0.5, 0.6) is 0 Å². The monoisotopic (exact) mass is 225 g/mol. The van der Waals surface area contributed by atoms with E-state index in [0.717, 1.165) is 5.69 Å². The molecule has 0 saturated heterocycles. The number of nitrogens with zero attached hydrogens (tertiary/aromatic N) is 2. The van der Waals surface area contributed by atoms with Crippen LogP contribution in [0.3, 0.4) is 0 Å². The van der Waals surface area contributed by atoms with Crippen LogP contribution < -0.4 is 5.32 Å². The second-order valence-corrected chi connectivity index (χ2v) is 4.82. The highest BCUT2D eigenvalue weighted by molar-refractivity contribution is 5.93. The van der Waals surface area contributed by atoms with Gasteiger partial charge >= 0.3 is 0 Å². The average molecular weight is 225 g/mol. The van der Waals surface area contributed by atoms with Crippen molar-refractivity contribution in [3.05, 3.63) is 11.8 Å². The molecule has 0 aliphatic heterocycles. The average Bonchev–Trinajstić information content (AvgIpc) is 2.45. The van der Waals surface area contributed by atoms with Gasteiger partial charge in [-0.25, -0.2) is 4.68 Å². The van der Waals surface area contributed by atoms with E-state index in [1.807, 2.05) is 27.7 Å². The maximum absolute atomic E-state index is 11.8. The van der Waals surface area contributed by atoms with Crippen LogP contribution in [-0.2, 0) is 11.3 Å². The molecule has 0 fully saturated rings. The third-order valence-corrected chi connectivity index (χ3v) is 2.14. The number of aromatic nitrogens is 2. The van der Waals surface area contributed by atoms with Crippen LogP contribution in [0.25, 0.3) is 0 Å². The topological polar surface area (TPSA) is 67.2 Å². The molecule has 0 aliphatic rings. The van der Waals surface area contributed by atoms with Crippen LogP contribution in [0.4, 0.5) is 5.82 Å². The van der Waals surface area contributed by atoms with Crippen LogP contribution in [0.1, 0.15) is 26.5 Å². The summed E-state index contributed by atoms with van der Waals surface area (Å²) in [6.07, 6.45) is 0. The van der Waals surface area contributed by atoms with Crippen molar-refractivity contribution in [1.29, 1.82) is 0 Å². The van der Waals surface area contributed by atoms with E-state index in [0.29, 0.717) is 12.4 Å². The number of anilines is 1. The number of aliphatic hydroxyl groups excluding tert-OH is 1. The predicted octanol–water partition coefficient (Wildman–Crippen LogP) is 1.17. The standard InChI is InChI=1S/C11H19N3O2/c1-8-7-9(14(13-8)5-6-15)12-10(16)11(2,3)4/h7,15H,5-6H2,1-4H3,(H,12,16). The quantitative estimate of drug-likeness (QED) is 0.811. The van der Waals surface area contributed by atoms with E-state index < -0.39 is 5.41 Å². The number of nitrogens with one attached hydrogen (secondary N) is 1. The van der Waals surface area contributed by atoms with Crippen molar-refractivity contribution in [3.8, 4) is 0 Å². The van der Waals surface area contributed by atoms with Gasteiger partial charge < -0.3 is 10.4 Å². The lowest BCUT2D eigenvalue weighted by molar-refractivity contribution is -0.123. The van der Waals surface area contributed by atoms with Crippen molar-refractivity contribution in [2.45, 2.75) is 34.2 Å². The molecule has 5 nitrogen and oxygen atoms in total. The third-order valence-electron chi connectivity index (χ3n) is 2.14. The van der Waals surface area contributed by atoms with E-state index in [4.69, 9.17) is 5.11 Å². The molecule has 0 bridgehead atoms. The molecular weight excluding hydrogens is 206 g/mol. The SMILES string of the molecule is Cc1cc(NC(=O)C(C)(C)C)n(CCO)n1. The zero-order valence-corrected chi connectivity index (χ0v) is 10.2. The number of hydrogen-bond donors (Lipinski definition) is 2. The molecular formula is C11H19N3O2. The number of rotatable bonds is 3. The Kier molecular flexibility index (Phi) is 3.70. The van der Waals surface area contributed by atoms with Crippen molar-refractivity contribution in [1.82, 2.24) is 9.78 Å². The van der Waals surface area contributed by atoms with Crippen molar-refractivity contribution < 1.29 is 9.90 Å². The number of hydrogen-bond acceptors (Lipinski definition) is 3. The van der Waals surface area contributed by atoms with Gasteiger partial charge in [-0.05, 0) is 6.92 Å². The minimum Gasteiger partial charge on any atom is -0.394 e. The fourth-order valence-electron chi connectivity index (χ4n) is 1.22. The fraction of sp³-hybridized carbons (Fsp3) is 0.636. The molecule has 0 saturated carbocycles. The molecule has 0 spiro atoms. The summed E-state index contributed by atoms with van der Waals surface area (Å²) < 4.78 is 1.60. The Hall–Kier alpha value is -1.36. The highest BCUT2D eigenvalue weighted by Gasteiger charge is 2.22. The number of amides is 1. The van der Waals surface area contributed by atoms with E-state index >= 15 is 0 Å². The Bertz CT molecular complexity index is 377. The fourth-order valence-corrected chi connectivity index (χ4v) is 1.22. The number of aryl methyl sites for hydroxylation is 1. The lowest BCUT2D eigenvalue weighted by atomic mass is 9.96.